The zero-order valence-electron chi connectivity index (χ0n) is 14.3. The van der Waals surface area contributed by atoms with Crippen LogP contribution in [0.15, 0.2) is 77.1 Å². The molecule has 7 heteroatoms. The van der Waals surface area contributed by atoms with Gasteiger partial charge >= 0.3 is 0 Å². The van der Waals surface area contributed by atoms with E-state index in [1.165, 1.54) is 6.26 Å². The van der Waals surface area contributed by atoms with Gasteiger partial charge in [0.1, 0.15) is 5.82 Å². The third kappa shape index (κ3) is 3.69. The molecule has 2 aromatic heterocycles. The van der Waals surface area contributed by atoms with Crippen LogP contribution in [0.2, 0.25) is 5.02 Å². The average Bonchev–Trinajstić information content (AvgIpc) is 3.31. The molecule has 0 saturated heterocycles. The Bertz CT molecular complexity index is 1180. The lowest BCUT2D eigenvalue weighted by atomic mass is 10.2. The average molecular weight is 415 g/mol. The van der Waals surface area contributed by atoms with Crippen LogP contribution >= 0.6 is 22.9 Å². The number of nitrogens with zero attached hydrogens (tertiary/aromatic N) is 2. The van der Waals surface area contributed by atoms with Crippen LogP contribution in [0, 0.1) is 0 Å². The Hall–Kier alpha value is -2.41. The molecule has 0 N–H and O–H groups in total. The van der Waals surface area contributed by atoms with Gasteiger partial charge in [0.2, 0.25) is 0 Å². The fourth-order valence-electron chi connectivity index (χ4n) is 2.78. The Morgan fingerprint density at radius 3 is 2.30 bits per heavy atom. The number of aromatic nitrogens is 2. The molecule has 0 aliphatic rings. The quantitative estimate of drug-likeness (QED) is 0.453. The minimum atomic E-state index is -3.24. The van der Waals surface area contributed by atoms with Crippen molar-refractivity contribution in [3.8, 4) is 27.6 Å². The molecular weight excluding hydrogens is 400 g/mol. The second-order valence-corrected chi connectivity index (χ2v) is 9.47. The molecule has 0 atom stereocenters. The number of imidazole rings is 1. The summed E-state index contributed by atoms with van der Waals surface area (Å²) in [5.74, 6) is 0.737. The van der Waals surface area contributed by atoms with Gasteiger partial charge in [-0.05, 0) is 60.0 Å². The molecule has 2 heterocycles. The summed E-state index contributed by atoms with van der Waals surface area (Å²) < 4.78 is 25.4. The van der Waals surface area contributed by atoms with Crippen LogP contribution in [0.5, 0.6) is 0 Å². The predicted octanol–water partition coefficient (Wildman–Crippen LogP) is 5.32. The van der Waals surface area contributed by atoms with Crippen molar-refractivity contribution in [2.75, 3.05) is 6.26 Å². The Balaban J connectivity index is 1.86. The Labute approximate surface area is 166 Å². The van der Waals surface area contributed by atoms with E-state index in [1.54, 1.807) is 35.6 Å². The molecule has 2 aromatic carbocycles. The van der Waals surface area contributed by atoms with Crippen LogP contribution in [0.25, 0.3) is 27.6 Å². The normalized spacial score (nSPS) is 11.6. The molecule has 4 aromatic rings. The maximum atomic E-state index is 11.7. The van der Waals surface area contributed by atoms with Crippen molar-refractivity contribution in [3.05, 3.63) is 77.3 Å². The van der Waals surface area contributed by atoms with Crippen molar-refractivity contribution < 1.29 is 8.42 Å². The summed E-state index contributed by atoms with van der Waals surface area (Å²) >= 11 is 7.64. The lowest BCUT2D eigenvalue weighted by Crippen LogP contribution is -1.98. The van der Waals surface area contributed by atoms with Crippen molar-refractivity contribution in [1.29, 1.82) is 0 Å². The van der Waals surface area contributed by atoms with E-state index >= 15 is 0 Å². The van der Waals surface area contributed by atoms with E-state index in [0.29, 0.717) is 5.02 Å². The second-order valence-electron chi connectivity index (χ2n) is 6.07. The number of halogens is 1. The molecular formula is C20H15ClN2O2S2. The molecule has 0 amide bonds. The SMILES string of the molecule is CS(=O)(=O)c1ccc(-c2nc(-c3cccs3)cn2-c2ccc(Cl)cc2)cc1. The minimum Gasteiger partial charge on any atom is -0.299 e. The monoisotopic (exact) mass is 414 g/mol. The van der Waals surface area contributed by atoms with Crippen LogP contribution in [0.4, 0.5) is 0 Å². The van der Waals surface area contributed by atoms with E-state index in [0.717, 1.165) is 27.6 Å². The van der Waals surface area contributed by atoms with Crippen molar-refractivity contribution in [2.24, 2.45) is 0 Å². The first-order chi connectivity index (χ1) is 12.9. The molecule has 136 valence electrons. The molecule has 27 heavy (non-hydrogen) atoms. The number of sulfone groups is 1. The highest BCUT2D eigenvalue weighted by atomic mass is 35.5. The van der Waals surface area contributed by atoms with Gasteiger partial charge in [-0.1, -0.05) is 17.7 Å². The van der Waals surface area contributed by atoms with Crippen LogP contribution in [-0.2, 0) is 9.84 Å². The second kappa shape index (κ2) is 6.96. The molecule has 0 saturated carbocycles. The van der Waals surface area contributed by atoms with Gasteiger partial charge in [-0.15, -0.1) is 11.3 Å². The van der Waals surface area contributed by atoms with E-state index in [2.05, 4.69) is 0 Å². The summed E-state index contributed by atoms with van der Waals surface area (Å²) in [5, 5.41) is 2.67. The summed E-state index contributed by atoms with van der Waals surface area (Å²) in [7, 11) is -3.24. The number of thiophene rings is 1. The third-order valence-electron chi connectivity index (χ3n) is 4.13. The first-order valence-corrected chi connectivity index (χ1v) is 11.3. The van der Waals surface area contributed by atoms with Gasteiger partial charge < -0.3 is 0 Å². The smallest absolute Gasteiger partial charge is 0.175 e. The summed E-state index contributed by atoms with van der Waals surface area (Å²) in [6.45, 7) is 0. The van der Waals surface area contributed by atoms with Crippen LogP contribution in [-0.4, -0.2) is 24.2 Å². The van der Waals surface area contributed by atoms with Gasteiger partial charge in [0.05, 0.1) is 15.5 Å². The maximum absolute atomic E-state index is 11.7. The summed E-state index contributed by atoms with van der Waals surface area (Å²) in [6.07, 6.45) is 3.18. The first kappa shape index (κ1) is 18.0. The third-order valence-corrected chi connectivity index (χ3v) is 6.40. The van der Waals surface area contributed by atoms with E-state index in [4.69, 9.17) is 16.6 Å². The van der Waals surface area contributed by atoms with Gasteiger partial charge in [-0.2, -0.15) is 0 Å². The van der Waals surface area contributed by atoms with Crippen molar-refractivity contribution in [3.63, 3.8) is 0 Å². The van der Waals surface area contributed by atoms with E-state index in [1.807, 2.05) is 52.5 Å². The maximum Gasteiger partial charge on any atom is 0.175 e. The standard InChI is InChI=1S/C20H15ClN2O2S2/c1-27(24,25)17-10-4-14(5-11-17)20-22-18(19-3-2-12-26-19)13-23(20)16-8-6-15(21)7-9-16/h2-13H,1H3. The first-order valence-electron chi connectivity index (χ1n) is 8.11. The van der Waals surface area contributed by atoms with E-state index < -0.39 is 9.84 Å². The molecule has 0 bridgehead atoms. The van der Waals surface area contributed by atoms with Crippen molar-refractivity contribution in [2.45, 2.75) is 4.90 Å². The molecule has 0 aliphatic heterocycles. The Morgan fingerprint density at radius 2 is 1.70 bits per heavy atom. The van der Waals surface area contributed by atoms with Gasteiger partial charge in [0, 0.05) is 28.7 Å². The molecule has 0 fully saturated rings. The number of hydrogen-bond donors (Lipinski definition) is 0. The van der Waals surface area contributed by atoms with Crippen LogP contribution < -0.4 is 0 Å². The molecule has 0 aliphatic carbocycles. The van der Waals surface area contributed by atoms with Gasteiger partial charge in [-0.3, -0.25) is 4.57 Å². The fraction of sp³-hybridized carbons (Fsp3) is 0.0500. The highest BCUT2D eigenvalue weighted by Crippen LogP contribution is 2.31. The molecule has 0 spiro atoms. The lowest BCUT2D eigenvalue weighted by molar-refractivity contribution is 0.602. The number of hydrogen-bond acceptors (Lipinski definition) is 4. The Kier molecular flexibility index (Phi) is 4.63. The van der Waals surface area contributed by atoms with Crippen LogP contribution in [0.3, 0.4) is 0 Å². The topological polar surface area (TPSA) is 52.0 Å². The zero-order valence-corrected chi connectivity index (χ0v) is 16.7. The van der Waals surface area contributed by atoms with Gasteiger partial charge in [0.25, 0.3) is 0 Å². The minimum absolute atomic E-state index is 0.286. The fourth-order valence-corrected chi connectivity index (χ4v) is 4.21. The zero-order chi connectivity index (χ0) is 19.0. The highest BCUT2D eigenvalue weighted by molar-refractivity contribution is 7.90. The number of benzene rings is 2. The van der Waals surface area contributed by atoms with E-state index in [-0.39, 0.29) is 4.90 Å². The largest absolute Gasteiger partial charge is 0.299 e. The molecule has 4 nitrogen and oxygen atoms in total. The predicted molar refractivity (Wildman–Crippen MR) is 110 cm³/mol. The van der Waals surface area contributed by atoms with Crippen molar-refractivity contribution >= 4 is 32.8 Å². The molecule has 0 radical (unpaired) electrons. The molecule has 4 rings (SSSR count). The highest BCUT2D eigenvalue weighted by Gasteiger charge is 2.15. The summed E-state index contributed by atoms with van der Waals surface area (Å²) in [5.41, 5.74) is 2.62. The Morgan fingerprint density at radius 1 is 1.00 bits per heavy atom. The summed E-state index contributed by atoms with van der Waals surface area (Å²) in [6, 6.07) is 18.3. The van der Waals surface area contributed by atoms with E-state index in [9.17, 15) is 8.42 Å². The van der Waals surface area contributed by atoms with Crippen molar-refractivity contribution in [1.82, 2.24) is 9.55 Å². The molecule has 0 unspecified atom stereocenters. The van der Waals surface area contributed by atoms with Crippen LogP contribution in [0.1, 0.15) is 0 Å². The lowest BCUT2D eigenvalue weighted by Gasteiger charge is -2.08. The number of rotatable bonds is 4. The van der Waals surface area contributed by atoms with Gasteiger partial charge in [-0.25, -0.2) is 13.4 Å². The van der Waals surface area contributed by atoms with Gasteiger partial charge in [0.15, 0.2) is 9.84 Å². The summed E-state index contributed by atoms with van der Waals surface area (Å²) in [4.78, 5) is 6.16.